The van der Waals surface area contributed by atoms with Crippen LogP contribution in [-0.4, -0.2) is 46.0 Å². The van der Waals surface area contributed by atoms with Crippen LogP contribution >= 0.6 is 11.6 Å². The number of halogens is 1. The molecule has 1 aromatic rings. The van der Waals surface area contributed by atoms with Crippen LogP contribution in [-0.2, 0) is 16.3 Å². The van der Waals surface area contributed by atoms with Crippen LogP contribution in [0.3, 0.4) is 0 Å². The molecule has 1 unspecified atom stereocenters. The average Bonchev–Trinajstić information content (AvgIpc) is 2.82. The number of nitrogens with zero attached hydrogens (tertiary/aromatic N) is 1. The zero-order valence-corrected chi connectivity index (χ0v) is 14.3. The van der Waals surface area contributed by atoms with Gasteiger partial charge in [0.15, 0.2) is 15.8 Å². The van der Waals surface area contributed by atoms with Gasteiger partial charge in [0.25, 0.3) is 0 Å². The van der Waals surface area contributed by atoms with E-state index in [4.69, 9.17) is 11.6 Å². The predicted octanol–water partition coefficient (Wildman–Crippen LogP) is 1.48. The molecule has 2 rings (SSSR count). The van der Waals surface area contributed by atoms with E-state index in [-0.39, 0.29) is 11.7 Å². The van der Waals surface area contributed by atoms with Crippen LogP contribution in [0.15, 0.2) is 29.3 Å². The van der Waals surface area contributed by atoms with Gasteiger partial charge in [0.2, 0.25) is 0 Å². The number of guanidine groups is 1. The zero-order chi connectivity index (χ0) is 16.0. The predicted molar refractivity (Wildman–Crippen MR) is 91.3 cm³/mol. The molecule has 1 atom stereocenters. The quantitative estimate of drug-likeness (QED) is 0.627. The molecule has 0 aliphatic carbocycles. The minimum atomic E-state index is -2.82. The first-order chi connectivity index (χ1) is 10.5. The molecule has 1 aliphatic heterocycles. The fraction of sp³-hybridized carbons (Fsp3) is 0.533. The second kappa shape index (κ2) is 7.83. The van der Waals surface area contributed by atoms with Crippen molar-refractivity contribution in [2.24, 2.45) is 10.9 Å². The molecule has 22 heavy (non-hydrogen) atoms. The molecule has 1 heterocycles. The smallest absolute Gasteiger partial charge is 0.190 e. The van der Waals surface area contributed by atoms with E-state index in [1.165, 1.54) is 0 Å². The lowest BCUT2D eigenvalue weighted by Crippen LogP contribution is -2.40. The van der Waals surface area contributed by atoms with Crippen molar-refractivity contribution in [3.8, 4) is 0 Å². The summed E-state index contributed by atoms with van der Waals surface area (Å²) in [5.74, 6) is 1.46. The third-order valence-corrected chi connectivity index (χ3v) is 5.78. The van der Waals surface area contributed by atoms with Gasteiger partial charge in [-0.2, -0.15) is 0 Å². The fourth-order valence-corrected chi connectivity index (χ4v) is 4.59. The molecule has 1 saturated heterocycles. The Morgan fingerprint density at radius 2 is 2.23 bits per heavy atom. The first kappa shape index (κ1) is 17.1. The topological polar surface area (TPSA) is 70.6 Å². The zero-order valence-electron chi connectivity index (χ0n) is 12.7. The lowest BCUT2D eigenvalue weighted by molar-refractivity contribution is 0.567. The van der Waals surface area contributed by atoms with Gasteiger partial charge in [-0.15, -0.1) is 0 Å². The Balaban J connectivity index is 1.71. The molecule has 122 valence electrons. The van der Waals surface area contributed by atoms with Crippen LogP contribution in [0, 0.1) is 5.92 Å². The maximum atomic E-state index is 11.4. The third-order valence-electron chi connectivity index (χ3n) is 3.70. The molecule has 1 fully saturated rings. The van der Waals surface area contributed by atoms with Crippen molar-refractivity contribution >= 4 is 27.4 Å². The highest BCUT2D eigenvalue weighted by Gasteiger charge is 2.27. The molecule has 0 spiro atoms. The summed E-state index contributed by atoms with van der Waals surface area (Å²) in [5, 5.41) is 7.16. The van der Waals surface area contributed by atoms with Crippen molar-refractivity contribution < 1.29 is 8.42 Å². The number of aliphatic imine (C=N–C) groups is 1. The first-order valence-corrected chi connectivity index (χ1v) is 9.58. The van der Waals surface area contributed by atoms with Gasteiger partial charge >= 0.3 is 0 Å². The lowest BCUT2D eigenvalue weighted by Gasteiger charge is -2.14. The summed E-state index contributed by atoms with van der Waals surface area (Å²) in [4.78, 5) is 4.15. The molecule has 0 saturated carbocycles. The van der Waals surface area contributed by atoms with Crippen LogP contribution in [0.2, 0.25) is 5.02 Å². The molecule has 5 nitrogen and oxygen atoms in total. The van der Waals surface area contributed by atoms with Crippen molar-refractivity contribution in [1.82, 2.24) is 10.6 Å². The lowest BCUT2D eigenvalue weighted by atomic mass is 10.1. The van der Waals surface area contributed by atoms with Gasteiger partial charge in [-0.3, -0.25) is 4.99 Å². The van der Waals surface area contributed by atoms with E-state index in [1.807, 2.05) is 24.3 Å². The highest BCUT2D eigenvalue weighted by atomic mass is 35.5. The molecule has 7 heteroatoms. The van der Waals surface area contributed by atoms with Gasteiger partial charge in [0, 0.05) is 25.2 Å². The number of nitrogens with one attached hydrogen (secondary N) is 2. The molecular formula is C15H22ClN3O2S. The van der Waals surface area contributed by atoms with Gasteiger partial charge < -0.3 is 10.6 Å². The van der Waals surface area contributed by atoms with E-state index >= 15 is 0 Å². The summed E-state index contributed by atoms with van der Waals surface area (Å²) in [6.07, 6.45) is 1.58. The third kappa shape index (κ3) is 5.50. The second-order valence-electron chi connectivity index (χ2n) is 5.53. The van der Waals surface area contributed by atoms with E-state index in [2.05, 4.69) is 15.6 Å². The highest BCUT2D eigenvalue weighted by Crippen LogP contribution is 2.17. The van der Waals surface area contributed by atoms with Crippen LogP contribution in [0.1, 0.15) is 12.0 Å². The molecule has 1 aliphatic rings. The number of benzene rings is 1. The molecule has 0 aromatic heterocycles. The minimum Gasteiger partial charge on any atom is -0.356 e. The number of sulfone groups is 1. The molecule has 2 N–H and O–H groups in total. The highest BCUT2D eigenvalue weighted by molar-refractivity contribution is 7.91. The summed E-state index contributed by atoms with van der Waals surface area (Å²) in [6, 6.07) is 7.77. The van der Waals surface area contributed by atoms with Gasteiger partial charge in [0.05, 0.1) is 11.5 Å². The standard InChI is InChI=1S/C15H22ClN3O2S/c1-17-15(19-10-13-6-8-22(20,21)11-13)18-7-5-12-3-2-4-14(16)9-12/h2-4,9,13H,5-8,10-11H2,1H3,(H2,17,18,19). The fourth-order valence-electron chi connectivity index (χ4n) is 2.51. The van der Waals surface area contributed by atoms with Crippen molar-refractivity contribution in [1.29, 1.82) is 0 Å². The molecule has 0 amide bonds. The number of rotatable bonds is 5. The monoisotopic (exact) mass is 343 g/mol. The summed E-state index contributed by atoms with van der Waals surface area (Å²) in [5.41, 5.74) is 1.16. The Morgan fingerprint density at radius 3 is 2.86 bits per heavy atom. The van der Waals surface area contributed by atoms with Gasteiger partial charge in [-0.05, 0) is 36.5 Å². The van der Waals surface area contributed by atoms with Crippen molar-refractivity contribution in [3.05, 3.63) is 34.9 Å². The molecule has 0 bridgehead atoms. The molecule has 1 aromatic carbocycles. The van der Waals surface area contributed by atoms with Crippen LogP contribution in [0.25, 0.3) is 0 Å². The number of hydrogen-bond donors (Lipinski definition) is 2. The van der Waals surface area contributed by atoms with Crippen molar-refractivity contribution in [2.45, 2.75) is 12.8 Å². The van der Waals surface area contributed by atoms with E-state index in [0.717, 1.165) is 30.0 Å². The van der Waals surface area contributed by atoms with Crippen molar-refractivity contribution in [3.63, 3.8) is 0 Å². The van der Waals surface area contributed by atoms with Crippen molar-refractivity contribution in [2.75, 3.05) is 31.6 Å². The normalized spacial score (nSPS) is 20.8. The summed E-state index contributed by atoms with van der Waals surface area (Å²) in [6.45, 7) is 1.37. The largest absolute Gasteiger partial charge is 0.356 e. The Labute approximate surface area is 137 Å². The maximum Gasteiger partial charge on any atom is 0.190 e. The Bertz CT molecular complexity index is 631. The van der Waals surface area contributed by atoms with Gasteiger partial charge in [0.1, 0.15) is 0 Å². The van der Waals surface area contributed by atoms with E-state index < -0.39 is 9.84 Å². The molecule has 0 radical (unpaired) electrons. The van der Waals surface area contributed by atoms with E-state index in [9.17, 15) is 8.42 Å². The van der Waals surface area contributed by atoms with Crippen LogP contribution in [0.5, 0.6) is 0 Å². The van der Waals surface area contributed by atoms with Crippen LogP contribution in [0.4, 0.5) is 0 Å². The van der Waals surface area contributed by atoms with E-state index in [1.54, 1.807) is 7.05 Å². The van der Waals surface area contributed by atoms with Gasteiger partial charge in [-0.25, -0.2) is 8.42 Å². The summed E-state index contributed by atoms with van der Waals surface area (Å²) < 4.78 is 22.9. The number of hydrogen-bond acceptors (Lipinski definition) is 3. The Hall–Kier alpha value is -1.27. The average molecular weight is 344 g/mol. The summed E-state index contributed by atoms with van der Waals surface area (Å²) in [7, 11) is -1.11. The molecular weight excluding hydrogens is 322 g/mol. The Kier molecular flexibility index (Phi) is 6.08. The first-order valence-electron chi connectivity index (χ1n) is 7.38. The van der Waals surface area contributed by atoms with Crippen LogP contribution < -0.4 is 10.6 Å². The minimum absolute atomic E-state index is 0.177. The van der Waals surface area contributed by atoms with E-state index in [0.29, 0.717) is 18.3 Å². The second-order valence-corrected chi connectivity index (χ2v) is 8.19. The van der Waals surface area contributed by atoms with Gasteiger partial charge in [-0.1, -0.05) is 23.7 Å². The maximum absolute atomic E-state index is 11.4. The Morgan fingerprint density at radius 1 is 1.41 bits per heavy atom. The SMILES string of the molecule is CN=C(NCCc1cccc(Cl)c1)NCC1CCS(=O)(=O)C1. The summed E-state index contributed by atoms with van der Waals surface area (Å²) >= 11 is 5.95.